The molecule has 5 heterocycles. The molecule has 1 aromatic heterocycles. The number of anilines is 1. The summed E-state index contributed by atoms with van der Waals surface area (Å²) in [5, 5.41) is 13.5. The lowest BCUT2D eigenvalue weighted by atomic mass is 9.47. The molecule has 11 rings (SSSR count). The monoisotopic (exact) mass is 1230 g/mol. The first kappa shape index (κ1) is 61.7. The number of esters is 3. The van der Waals surface area contributed by atoms with Crippen molar-refractivity contribution in [3.8, 4) is 5.75 Å². The van der Waals surface area contributed by atoms with Gasteiger partial charge in [-0.25, -0.2) is 13.2 Å². The number of nitrogens with zero attached hydrogens (tertiary/aromatic N) is 3. The van der Waals surface area contributed by atoms with Crippen molar-refractivity contribution < 1.29 is 63.6 Å². The van der Waals surface area contributed by atoms with E-state index in [1.807, 2.05) is 92.4 Å². The second-order valence-corrected chi connectivity index (χ2v) is 27.5. The Hall–Kier alpha value is -6.91. The number of para-hydroxylation sites is 1. The van der Waals surface area contributed by atoms with Crippen molar-refractivity contribution in [1.82, 2.24) is 14.8 Å². The third-order valence-corrected chi connectivity index (χ3v) is 22.3. The van der Waals surface area contributed by atoms with E-state index in [4.69, 9.17) is 27.3 Å². The molecule has 2 N–H and O–H groups in total. The molecule has 6 aromatic rings. The summed E-state index contributed by atoms with van der Waals surface area (Å²) in [6.45, 7) is 10.8. The van der Waals surface area contributed by atoms with Crippen LogP contribution in [-0.4, -0.2) is 139 Å². The lowest BCUT2D eigenvalue weighted by Crippen LogP contribution is -2.82. The fourth-order valence-corrected chi connectivity index (χ4v) is 18.2. The first-order valence-corrected chi connectivity index (χ1v) is 32.7. The van der Waals surface area contributed by atoms with Crippen LogP contribution >= 0.6 is 0 Å². The Bertz CT molecular complexity index is 3880. The summed E-state index contributed by atoms with van der Waals surface area (Å²) in [6.07, 6.45) is 3.33. The van der Waals surface area contributed by atoms with E-state index >= 15 is 18.0 Å². The van der Waals surface area contributed by atoms with E-state index in [-0.39, 0.29) is 47.6 Å². The first-order valence-electron chi connectivity index (χ1n) is 29.9. The number of H-pyrrole nitrogens is 1. The second kappa shape index (κ2) is 23.2. The zero-order chi connectivity index (χ0) is 62.1. The largest absolute Gasteiger partial charge is 0.496 e. The molecule has 5 aromatic carbocycles. The summed E-state index contributed by atoms with van der Waals surface area (Å²) < 4.78 is 96.3. The van der Waals surface area contributed by atoms with E-state index in [1.165, 1.54) is 45.4 Å². The highest BCUT2D eigenvalue weighted by Gasteiger charge is 2.82. The van der Waals surface area contributed by atoms with Crippen molar-refractivity contribution >= 4 is 54.7 Å². The topological polar surface area (TPSA) is 221 Å². The molecule has 9 atom stereocenters. The van der Waals surface area contributed by atoms with Gasteiger partial charge in [-0.3, -0.25) is 19.4 Å². The maximum Gasteiger partial charge on any atom is 0.345 e. The molecule has 18 nitrogen and oxygen atoms in total. The Morgan fingerprint density at radius 3 is 2.07 bits per heavy atom. The van der Waals surface area contributed by atoms with Crippen molar-refractivity contribution in [3.05, 3.63) is 166 Å². The van der Waals surface area contributed by atoms with E-state index in [0.717, 1.165) is 40.3 Å². The Kier molecular flexibility index (Phi) is 16.5. The molecule has 0 amide bonds. The highest BCUT2D eigenvalue weighted by atomic mass is 32.2. The van der Waals surface area contributed by atoms with Gasteiger partial charge in [0.1, 0.15) is 11.2 Å². The number of likely N-dealkylation sites (N-methyl/N-ethyl adjacent to an activating group) is 1. The van der Waals surface area contributed by atoms with Gasteiger partial charge >= 0.3 is 17.9 Å². The molecule has 4 aliphatic heterocycles. The molecule has 20 heteroatoms. The summed E-state index contributed by atoms with van der Waals surface area (Å²) in [7, 11) is -3.61. The Morgan fingerprint density at radius 1 is 0.782 bits per heavy atom. The van der Waals surface area contributed by atoms with E-state index in [1.54, 1.807) is 38.2 Å². The molecule has 5 aliphatic rings. The smallest absolute Gasteiger partial charge is 0.345 e. The molecule has 0 unspecified atom stereocenters. The molecule has 0 radical (unpaired) electrons. The number of fused-ring (bicyclic) bond motifs is 4. The minimum absolute atomic E-state index is 0.0188. The molecule has 1 aliphatic carbocycles. The average Bonchev–Trinajstić information content (AvgIpc) is 1.53. The minimum atomic E-state index is -4.90. The van der Waals surface area contributed by atoms with Crippen LogP contribution in [-0.2, 0) is 81.0 Å². The standard InChI is InChI=1S/C67H78N4O14S2/c1-10-63-32-17-35-71-37-34-66(58(63)71)52-38-53(56(80-7)39-55(52)69(6)59(66)67(62(74)82-9,60(63)83-45(5)72)85-87(78,79)49-28-24-44(4)25-29-49)65(61(73)81-8)33-30-47(40-64(75,11-2)84-86(76,77)48-26-22-43(3)23-27-48)42-70(41-46-18-13-12-14-19-46)36-31-51-50-20-15-16-21-54(50)68-57(51)65/h12-29,32,38-39,47,58-60,68,75H,10-11,30-31,33-37,40-42H2,1-9H3/t47-,58+,59-,60-,63-,64+,65+,66-,67+/m1/s1. The number of ether oxygens (including phenoxy) is 4. The zero-order valence-electron chi connectivity index (χ0n) is 50.8. The molecule has 462 valence electrons. The van der Waals surface area contributed by atoms with Crippen molar-refractivity contribution in [2.45, 2.75) is 136 Å². The van der Waals surface area contributed by atoms with E-state index in [0.29, 0.717) is 68.1 Å². The Labute approximate surface area is 510 Å². The summed E-state index contributed by atoms with van der Waals surface area (Å²) in [4.78, 5) is 55.4. The number of benzene rings is 5. The van der Waals surface area contributed by atoms with Gasteiger partial charge in [-0.2, -0.15) is 16.8 Å². The fourth-order valence-electron chi connectivity index (χ4n) is 15.9. The highest BCUT2D eigenvalue weighted by Crippen LogP contribution is 2.69. The minimum Gasteiger partial charge on any atom is -0.496 e. The van der Waals surface area contributed by atoms with Crippen molar-refractivity contribution in [1.29, 1.82) is 0 Å². The van der Waals surface area contributed by atoms with Gasteiger partial charge in [-0.15, -0.1) is 0 Å². The van der Waals surface area contributed by atoms with Crippen LogP contribution in [0, 0.1) is 25.2 Å². The molecule has 1 spiro atoms. The molecule has 2 fully saturated rings. The van der Waals surface area contributed by atoms with Crippen LogP contribution in [0.1, 0.15) is 98.4 Å². The van der Waals surface area contributed by atoms with Gasteiger partial charge < -0.3 is 33.9 Å². The van der Waals surface area contributed by atoms with Gasteiger partial charge in [0.25, 0.3) is 20.2 Å². The fraction of sp³-hybridized carbons (Fsp3) is 0.448. The summed E-state index contributed by atoms with van der Waals surface area (Å²) in [5.74, 6) is -4.94. The van der Waals surface area contributed by atoms with Gasteiger partial charge in [-0.1, -0.05) is 110 Å². The van der Waals surface area contributed by atoms with Crippen LogP contribution in [0.2, 0.25) is 0 Å². The quantitative estimate of drug-likeness (QED) is 0.0286. The summed E-state index contributed by atoms with van der Waals surface area (Å²) in [5.41, 5.74) is -0.453. The third kappa shape index (κ3) is 10.2. The van der Waals surface area contributed by atoms with Crippen molar-refractivity contribution in [2.24, 2.45) is 11.3 Å². The van der Waals surface area contributed by atoms with Gasteiger partial charge in [0.15, 0.2) is 11.9 Å². The lowest BCUT2D eigenvalue weighted by Gasteiger charge is -2.64. The number of carbonyl (C=O) groups excluding carboxylic acids is 3. The van der Waals surface area contributed by atoms with Gasteiger partial charge in [0, 0.05) is 97.4 Å². The van der Waals surface area contributed by atoms with Crippen LogP contribution in [0.15, 0.2) is 137 Å². The number of hydrogen-bond acceptors (Lipinski definition) is 17. The van der Waals surface area contributed by atoms with Crippen LogP contribution in [0.5, 0.6) is 5.75 Å². The predicted molar refractivity (Wildman–Crippen MR) is 327 cm³/mol. The molecule has 0 bridgehead atoms. The van der Waals surface area contributed by atoms with E-state index in [9.17, 15) is 18.3 Å². The molecule has 87 heavy (non-hydrogen) atoms. The normalized spacial score (nSPS) is 27.1. The lowest BCUT2D eigenvalue weighted by molar-refractivity contribution is -0.220. The van der Waals surface area contributed by atoms with Crippen molar-refractivity contribution in [3.63, 3.8) is 0 Å². The number of rotatable bonds is 17. The van der Waals surface area contributed by atoms with Gasteiger partial charge in [0.2, 0.25) is 5.60 Å². The maximum atomic E-state index is 16.1. The zero-order valence-corrected chi connectivity index (χ0v) is 52.5. The number of methoxy groups -OCH3 is 3. The molecule has 1 saturated carbocycles. The predicted octanol–water partition coefficient (Wildman–Crippen LogP) is 8.96. The summed E-state index contributed by atoms with van der Waals surface area (Å²) >= 11 is 0. The van der Waals surface area contributed by atoms with Gasteiger partial charge in [0.05, 0.1) is 37.2 Å². The molecular weight excluding hydrogens is 1150 g/mol. The van der Waals surface area contributed by atoms with Crippen LogP contribution in [0.25, 0.3) is 10.9 Å². The van der Waals surface area contributed by atoms with Crippen LogP contribution in [0.3, 0.4) is 0 Å². The van der Waals surface area contributed by atoms with E-state index < -0.39 is 89.9 Å². The molecule has 1 saturated heterocycles. The average molecular weight is 1230 g/mol. The van der Waals surface area contributed by atoms with Crippen molar-refractivity contribution in [2.75, 3.05) is 59.5 Å². The van der Waals surface area contributed by atoms with Crippen LogP contribution < -0.4 is 9.64 Å². The Balaban J connectivity index is 1.16. The number of aromatic amines is 1. The maximum absolute atomic E-state index is 16.1. The highest BCUT2D eigenvalue weighted by molar-refractivity contribution is 7.87. The number of hydrogen-bond donors (Lipinski definition) is 2. The SMILES string of the molecule is CC[C@@](O)(C[C@H]1CC[C@](C(=O)OC)(c2cc3c(cc2OC)N(C)[C@H]2[C@@](OS(=O)(=O)c4ccc(C)cc4)(C(=O)OC)[C@H](OC(C)=O)[C@]4(CC)C=CCN5CC[C@]32[C@@H]54)c2[nH]c3ccccc3c2CCN(Cc2ccccc2)C1)OS(=O)(=O)c1ccc(C)cc1. The number of aliphatic hydroxyl groups is 1. The number of nitrogens with one attached hydrogen (secondary N) is 1. The number of aromatic nitrogens is 1. The second-order valence-electron chi connectivity index (χ2n) is 24.4. The van der Waals surface area contributed by atoms with E-state index in [2.05, 4.69) is 26.9 Å². The number of carbonyl (C=O) groups is 3. The van der Waals surface area contributed by atoms with Gasteiger partial charge in [-0.05, 0) is 118 Å². The third-order valence-electron chi connectivity index (χ3n) is 19.6. The number of aryl methyl sites for hydroxylation is 2. The first-order chi connectivity index (χ1) is 41.5. The van der Waals surface area contributed by atoms with Crippen LogP contribution in [0.4, 0.5) is 5.69 Å². The summed E-state index contributed by atoms with van der Waals surface area (Å²) in [6, 6.07) is 32.2. The Morgan fingerprint density at radius 2 is 1.44 bits per heavy atom. The molecular formula is C67H78N4O14S2.